The summed E-state index contributed by atoms with van der Waals surface area (Å²) in [7, 11) is 0. The van der Waals surface area contributed by atoms with Crippen molar-refractivity contribution in [2.75, 3.05) is 12.0 Å². The molecule has 1 heterocycles. The van der Waals surface area contributed by atoms with E-state index in [-0.39, 0.29) is 5.82 Å². The quantitative estimate of drug-likeness (QED) is 0.777. The van der Waals surface area contributed by atoms with Gasteiger partial charge < -0.3 is 5.32 Å². The number of halogens is 4. The zero-order valence-electron chi connectivity index (χ0n) is 7.31. The van der Waals surface area contributed by atoms with Gasteiger partial charge in [0.1, 0.15) is 5.82 Å². The van der Waals surface area contributed by atoms with Crippen LogP contribution in [-0.2, 0) is 11.0 Å². The molecular weight excluding hydrogens is 216 g/mol. The Balaban J connectivity index is 2.88. The highest BCUT2D eigenvalue weighted by Crippen LogP contribution is 2.29. The maximum absolute atomic E-state index is 12.2. The summed E-state index contributed by atoms with van der Waals surface area (Å²) in [5.41, 5.74) is -0.952. The molecule has 82 valence electrons. The summed E-state index contributed by atoms with van der Waals surface area (Å²) < 4.78 is 48.3. The van der Waals surface area contributed by atoms with Crippen molar-refractivity contribution in [3.05, 3.63) is 23.9 Å². The van der Waals surface area contributed by atoms with E-state index in [2.05, 4.69) is 4.98 Å². The van der Waals surface area contributed by atoms with Crippen LogP contribution in [0, 0.1) is 0 Å². The van der Waals surface area contributed by atoms with Gasteiger partial charge in [-0.1, -0.05) is 0 Å². The van der Waals surface area contributed by atoms with E-state index in [9.17, 15) is 22.4 Å². The minimum Gasteiger partial charge on any atom is -0.308 e. The van der Waals surface area contributed by atoms with Crippen molar-refractivity contribution in [1.29, 1.82) is 0 Å². The Kier molecular flexibility index (Phi) is 3.23. The summed E-state index contributed by atoms with van der Waals surface area (Å²) in [6.45, 7) is -1.31. The number of alkyl halides is 4. The second kappa shape index (κ2) is 4.24. The van der Waals surface area contributed by atoms with E-state index >= 15 is 0 Å². The number of hydrogen-bond acceptors (Lipinski definition) is 2. The minimum atomic E-state index is -4.52. The highest BCUT2D eigenvalue weighted by molar-refractivity contribution is 5.90. The molecule has 1 aromatic rings. The topological polar surface area (TPSA) is 42.0 Å². The average molecular weight is 222 g/mol. The average Bonchev–Trinajstić information content (AvgIpc) is 2.17. The van der Waals surface area contributed by atoms with Gasteiger partial charge in [0.05, 0.1) is 5.56 Å². The highest BCUT2D eigenvalue weighted by Gasteiger charge is 2.30. The van der Waals surface area contributed by atoms with Gasteiger partial charge in [-0.3, -0.25) is 4.79 Å². The molecule has 0 fully saturated rings. The molecule has 15 heavy (non-hydrogen) atoms. The third kappa shape index (κ3) is 3.19. The highest BCUT2D eigenvalue weighted by atomic mass is 19.4. The monoisotopic (exact) mass is 222 g/mol. The van der Waals surface area contributed by atoms with Crippen LogP contribution in [0.5, 0.6) is 0 Å². The van der Waals surface area contributed by atoms with Crippen LogP contribution in [0.25, 0.3) is 0 Å². The third-order valence-electron chi connectivity index (χ3n) is 1.48. The lowest BCUT2D eigenvalue weighted by atomic mass is 10.2. The van der Waals surface area contributed by atoms with Gasteiger partial charge in [-0.25, -0.2) is 9.37 Å². The summed E-state index contributed by atoms with van der Waals surface area (Å²) in [5.74, 6) is -1.37. The van der Waals surface area contributed by atoms with Crippen LogP contribution in [-0.4, -0.2) is 17.6 Å². The van der Waals surface area contributed by atoms with Crippen LogP contribution in [0.4, 0.5) is 23.4 Å². The number of nitrogens with one attached hydrogen (secondary N) is 1. The first-order chi connectivity index (χ1) is 6.93. The number of carbonyl (C=O) groups is 1. The molecule has 1 N–H and O–H groups in total. The molecule has 1 amide bonds. The molecule has 7 heteroatoms. The van der Waals surface area contributed by atoms with Crippen molar-refractivity contribution in [2.45, 2.75) is 6.18 Å². The van der Waals surface area contributed by atoms with Gasteiger partial charge in [-0.2, -0.15) is 13.2 Å². The first-order valence-corrected chi connectivity index (χ1v) is 3.82. The van der Waals surface area contributed by atoms with E-state index in [0.29, 0.717) is 6.07 Å². The number of rotatable bonds is 2. The van der Waals surface area contributed by atoms with Gasteiger partial charge in [0.2, 0.25) is 0 Å². The number of pyridine rings is 1. The van der Waals surface area contributed by atoms with Crippen molar-refractivity contribution >= 4 is 11.7 Å². The zero-order valence-corrected chi connectivity index (χ0v) is 7.31. The minimum absolute atomic E-state index is 0.326. The summed E-state index contributed by atoms with van der Waals surface area (Å²) in [6.07, 6.45) is -3.63. The molecule has 0 atom stereocenters. The number of nitrogens with zero attached hydrogens (tertiary/aromatic N) is 1. The molecule has 0 aliphatic heterocycles. The Bertz CT molecular complexity index is 364. The van der Waals surface area contributed by atoms with Gasteiger partial charge >= 0.3 is 6.18 Å². The van der Waals surface area contributed by atoms with Gasteiger partial charge in [0.25, 0.3) is 5.91 Å². The predicted molar refractivity (Wildman–Crippen MR) is 43.8 cm³/mol. The molecule has 0 aliphatic carbocycles. The zero-order chi connectivity index (χ0) is 11.5. The predicted octanol–water partition coefficient (Wildman–Crippen LogP) is 2.01. The fourth-order valence-electron chi connectivity index (χ4n) is 0.851. The van der Waals surface area contributed by atoms with Crippen LogP contribution in [0.2, 0.25) is 0 Å². The van der Waals surface area contributed by atoms with Crippen molar-refractivity contribution in [3.8, 4) is 0 Å². The molecule has 0 saturated carbocycles. The van der Waals surface area contributed by atoms with Crippen LogP contribution >= 0.6 is 0 Å². The Morgan fingerprint density at radius 3 is 2.67 bits per heavy atom. The lowest BCUT2D eigenvalue weighted by Gasteiger charge is -2.07. The summed E-state index contributed by atoms with van der Waals surface area (Å²) in [6, 6.07) is 1.39. The van der Waals surface area contributed by atoms with Crippen LogP contribution < -0.4 is 5.32 Å². The second-order valence-electron chi connectivity index (χ2n) is 2.61. The number of carbonyl (C=O) groups excluding carboxylic acids is 1. The normalized spacial score (nSPS) is 11.2. The molecule has 0 radical (unpaired) electrons. The summed E-state index contributed by atoms with van der Waals surface area (Å²) >= 11 is 0. The van der Waals surface area contributed by atoms with E-state index in [0.717, 1.165) is 12.3 Å². The molecule has 0 aromatic carbocycles. The first kappa shape index (κ1) is 11.4. The SMILES string of the molecule is O=C(CF)Nc1cc(C(F)(F)F)ccn1. The largest absolute Gasteiger partial charge is 0.416 e. The Hall–Kier alpha value is -1.66. The van der Waals surface area contributed by atoms with Gasteiger partial charge in [0, 0.05) is 6.20 Å². The number of amides is 1. The summed E-state index contributed by atoms with van der Waals surface area (Å²) in [4.78, 5) is 14.0. The maximum Gasteiger partial charge on any atom is 0.416 e. The Labute approximate surface area is 82.1 Å². The van der Waals surface area contributed by atoms with Gasteiger partial charge in [-0.15, -0.1) is 0 Å². The first-order valence-electron chi connectivity index (χ1n) is 3.82. The molecule has 1 aromatic heterocycles. The van der Waals surface area contributed by atoms with E-state index in [4.69, 9.17) is 0 Å². The molecule has 0 bridgehead atoms. The van der Waals surface area contributed by atoms with Crippen LogP contribution in [0.1, 0.15) is 5.56 Å². The number of aromatic nitrogens is 1. The molecular formula is C8H6F4N2O. The molecule has 0 saturated heterocycles. The van der Waals surface area contributed by atoms with E-state index < -0.39 is 24.3 Å². The molecule has 0 aliphatic rings. The van der Waals surface area contributed by atoms with E-state index in [1.165, 1.54) is 0 Å². The van der Waals surface area contributed by atoms with Crippen LogP contribution in [0.15, 0.2) is 18.3 Å². The summed E-state index contributed by atoms with van der Waals surface area (Å²) in [5, 5.41) is 1.88. The van der Waals surface area contributed by atoms with Crippen LogP contribution in [0.3, 0.4) is 0 Å². The Morgan fingerprint density at radius 1 is 1.47 bits per heavy atom. The molecule has 3 nitrogen and oxygen atoms in total. The molecule has 1 rings (SSSR count). The standard InChI is InChI=1S/C8H6F4N2O/c9-4-7(15)14-6-3-5(1-2-13-6)8(10,11)12/h1-3H,4H2,(H,13,14,15). The fourth-order valence-corrected chi connectivity index (χ4v) is 0.851. The third-order valence-corrected chi connectivity index (χ3v) is 1.48. The van der Waals surface area contributed by atoms with Crippen molar-refractivity contribution in [1.82, 2.24) is 4.98 Å². The fraction of sp³-hybridized carbons (Fsp3) is 0.250. The smallest absolute Gasteiger partial charge is 0.308 e. The van der Waals surface area contributed by atoms with E-state index in [1.807, 2.05) is 5.32 Å². The maximum atomic E-state index is 12.2. The van der Waals surface area contributed by atoms with Crippen molar-refractivity contribution in [3.63, 3.8) is 0 Å². The van der Waals surface area contributed by atoms with Gasteiger partial charge in [-0.05, 0) is 12.1 Å². The van der Waals surface area contributed by atoms with Crippen molar-refractivity contribution < 1.29 is 22.4 Å². The number of anilines is 1. The van der Waals surface area contributed by atoms with Crippen molar-refractivity contribution in [2.24, 2.45) is 0 Å². The number of hydrogen-bond donors (Lipinski definition) is 1. The lowest BCUT2D eigenvalue weighted by Crippen LogP contribution is -2.15. The van der Waals surface area contributed by atoms with Gasteiger partial charge in [0.15, 0.2) is 6.67 Å². The van der Waals surface area contributed by atoms with E-state index in [1.54, 1.807) is 0 Å². The lowest BCUT2D eigenvalue weighted by molar-refractivity contribution is -0.137. The Morgan fingerprint density at radius 2 is 2.13 bits per heavy atom. The molecule has 0 unspecified atom stereocenters. The molecule has 0 spiro atoms. The second-order valence-corrected chi connectivity index (χ2v) is 2.61.